The Labute approximate surface area is 61.1 Å². The first-order chi connectivity index (χ1) is 4.61. The Bertz CT molecular complexity index is 198. The molecule has 0 fully saturated rings. The Balaban J connectivity index is 2.97. The molecule has 1 aromatic heterocycles. The van der Waals surface area contributed by atoms with E-state index in [9.17, 15) is 0 Å². The van der Waals surface area contributed by atoms with Crippen molar-refractivity contribution in [2.45, 2.75) is 19.4 Å². The molecule has 0 saturated carbocycles. The van der Waals surface area contributed by atoms with Crippen molar-refractivity contribution in [1.82, 2.24) is 4.98 Å². The van der Waals surface area contributed by atoms with Crippen LogP contribution in [0, 0.1) is 6.07 Å². The molecule has 0 aromatic carbocycles. The molecule has 1 radical (unpaired) electrons. The number of nitrogens with two attached hydrogens (primary N) is 1. The minimum atomic E-state index is -0.338. The molecule has 0 unspecified atom stereocenters. The van der Waals surface area contributed by atoms with Crippen LogP contribution in [0.3, 0.4) is 0 Å². The zero-order valence-corrected chi connectivity index (χ0v) is 6.26. The first-order valence-corrected chi connectivity index (χ1v) is 3.22. The summed E-state index contributed by atoms with van der Waals surface area (Å²) in [6, 6.07) is 6.53. The van der Waals surface area contributed by atoms with Crippen molar-refractivity contribution >= 4 is 0 Å². The van der Waals surface area contributed by atoms with E-state index in [2.05, 4.69) is 11.1 Å². The summed E-state index contributed by atoms with van der Waals surface area (Å²) in [5.74, 6) is 0. The molecule has 1 rings (SSSR count). The maximum atomic E-state index is 5.78. The van der Waals surface area contributed by atoms with Gasteiger partial charge in [0.15, 0.2) is 0 Å². The second-order valence-corrected chi connectivity index (χ2v) is 2.87. The van der Waals surface area contributed by atoms with E-state index < -0.39 is 0 Å². The smallest absolute Gasteiger partial charge is 0.0597 e. The number of rotatable bonds is 1. The summed E-state index contributed by atoms with van der Waals surface area (Å²) >= 11 is 0. The average molecular weight is 135 g/mol. The van der Waals surface area contributed by atoms with E-state index in [0.717, 1.165) is 5.69 Å². The van der Waals surface area contributed by atoms with Crippen molar-refractivity contribution in [2.75, 3.05) is 0 Å². The SMILES string of the molecule is CC(C)(N)c1cc[c]cn1. The van der Waals surface area contributed by atoms with Crippen molar-refractivity contribution in [3.05, 3.63) is 30.1 Å². The van der Waals surface area contributed by atoms with Crippen LogP contribution in [0.2, 0.25) is 0 Å². The number of pyridine rings is 1. The molecular weight excluding hydrogens is 124 g/mol. The fraction of sp³-hybridized carbons (Fsp3) is 0.375. The molecule has 10 heavy (non-hydrogen) atoms. The molecule has 1 aromatic rings. The summed E-state index contributed by atoms with van der Waals surface area (Å²) in [7, 11) is 0. The highest BCUT2D eigenvalue weighted by Crippen LogP contribution is 2.11. The molecule has 0 aliphatic rings. The monoisotopic (exact) mass is 135 g/mol. The fourth-order valence-electron chi connectivity index (χ4n) is 0.701. The summed E-state index contributed by atoms with van der Waals surface area (Å²) in [6.45, 7) is 3.85. The molecule has 0 bridgehead atoms. The van der Waals surface area contributed by atoms with Crippen molar-refractivity contribution in [2.24, 2.45) is 5.73 Å². The summed E-state index contributed by atoms with van der Waals surface area (Å²) in [5.41, 5.74) is 6.34. The molecule has 0 saturated heterocycles. The van der Waals surface area contributed by atoms with Gasteiger partial charge in [-0.05, 0) is 19.9 Å². The van der Waals surface area contributed by atoms with Crippen LogP contribution in [0.4, 0.5) is 0 Å². The summed E-state index contributed by atoms with van der Waals surface area (Å²) in [4.78, 5) is 4.07. The Hall–Kier alpha value is -0.890. The summed E-state index contributed by atoms with van der Waals surface area (Å²) < 4.78 is 0. The van der Waals surface area contributed by atoms with E-state index in [1.807, 2.05) is 26.0 Å². The van der Waals surface area contributed by atoms with Crippen LogP contribution in [0.25, 0.3) is 0 Å². The van der Waals surface area contributed by atoms with Crippen molar-refractivity contribution in [1.29, 1.82) is 0 Å². The zero-order chi connectivity index (χ0) is 7.61. The lowest BCUT2D eigenvalue weighted by Crippen LogP contribution is -2.29. The molecule has 53 valence electrons. The van der Waals surface area contributed by atoms with E-state index in [1.54, 1.807) is 6.20 Å². The van der Waals surface area contributed by atoms with Gasteiger partial charge >= 0.3 is 0 Å². The van der Waals surface area contributed by atoms with Crippen LogP contribution in [0.15, 0.2) is 18.3 Å². The third-order valence-electron chi connectivity index (χ3n) is 1.28. The third kappa shape index (κ3) is 1.54. The first kappa shape index (κ1) is 7.22. The fourth-order valence-corrected chi connectivity index (χ4v) is 0.701. The highest BCUT2D eigenvalue weighted by Gasteiger charge is 2.13. The number of nitrogens with zero attached hydrogens (tertiary/aromatic N) is 1. The molecule has 0 aliphatic carbocycles. The maximum absolute atomic E-state index is 5.78. The summed E-state index contributed by atoms with van der Waals surface area (Å²) in [5, 5.41) is 0. The molecule has 0 spiro atoms. The molecule has 2 heteroatoms. The third-order valence-corrected chi connectivity index (χ3v) is 1.28. The van der Waals surface area contributed by atoms with Gasteiger partial charge in [-0.3, -0.25) is 4.98 Å². The Morgan fingerprint density at radius 2 is 2.30 bits per heavy atom. The Morgan fingerprint density at radius 3 is 2.60 bits per heavy atom. The second-order valence-electron chi connectivity index (χ2n) is 2.87. The van der Waals surface area contributed by atoms with Gasteiger partial charge in [0.05, 0.1) is 11.2 Å². The van der Waals surface area contributed by atoms with Crippen molar-refractivity contribution in [3.8, 4) is 0 Å². The van der Waals surface area contributed by atoms with E-state index in [-0.39, 0.29) is 5.54 Å². The van der Waals surface area contributed by atoms with Gasteiger partial charge in [0.2, 0.25) is 0 Å². The maximum Gasteiger partial charge on any atom is 0.0597 e. The van der Waals surface area contributed by atoms with Gasteiger partial charge in [-0.1, -0.05) is 6.07 Å². The lowest BCUT2D eigenvalue weighted by atomic mass is 10.0. The Morgan fingerprint density at radius 1 is 1.60 bits per heavy atom. The molecule has 0 atom stereocenters. The van der Waals surface area contributed by atoms with Gasteiger partial charge < -0.3 is 5.73 Å². The number of aromatic nitrogens is 1. The average Bonchev–Trinajstić information content (AvgIpc) is 1.88. The van der Waals surface area contributed by atoms with Crippen LogP contribution in [-0.2, 0) is 5.54 Å². The number of hydrogen-bond donors (Lipinski definition) is 1. The van der Waals surface area contributed by atoms with Crippen LogP contribution >= 0.6 is 0 Å². The lowest BCUT2D eigenvalue weighted by molar-refractivity contribution is 0.535. The van der Waals surface area contributed by atoms with Gasteiger partial charge in [-0.25, -0.2) is 0 Å². The normalized spacial score (nSPS) is 11.5. The van der Waals surface area contributed by atoms with E-state index >= 15 is 0 Å². The Kier molecular flexibility index (Phi) is 1.72. The summed E-state index contributed by atoms with van der Waals surface area (Å²) in [6.07, 6.45) is 1.63. The highest BCUT2D eigenvalue weighted by atomic mass is 14.8. The zero-order valence-electron chi connectivity index (χ0n) is 6.26. The van der Waals surface area contributed by atoms with Gasteiger partial charge in [-0.2, -0.15) is 0 Å². The van der Waals surface area contributed by atoms with Crippen molar-refractivity contribution < 1.29 is 0 Å². The van der Waals surface area contributed by atoms with Gasteiger partial charge in [-0.15, -0.1) is 0 Å². The largest absolute Gasteiger partial charge is 0.321 e. The molecule has 0 amide bonds. The molecule has 0 aliphatic heterocycles. The van der Waals surface area contributed by atoms with Crippen molar-refractivity contribution in [3.63, 3.8) is 0 Å². The van der Waals surface area contributed by atoms with Crippen LogP contribution in [-0.4, -0.2) is 4.98 Å². The standard InChI is InChI=1S/C8H11N2/c1-8(2,9)7-5-3-4-6-10-7/h3,5-6H,9H2,1-2H3. The van der Waals surface area contributed by atoms with Crippen LogP contribution < -0.4 is 5.73 Å². The van der Waals surface area contributed by atoms with Gasteiger partial charge in [0.25, 0.3) is 0 Å². The molecule has 2 N–H and O–H groups in total. The predicted octanol–water partition coefficient (Wildman–Crippen LogP) is 1.08. The van der Waals surface area contributed by atoms with Gasteiger partial charge in [0.1, 0.15) is 0 Å². The lowest BCUT2D eigenvalue weighted by Gasteiger charge is -2.16. The molecular formula is C8H11N2. The van der Waals surface area contributed by atoms with E-state index in [4.69, 9.17) is 5.73 Å². The minimum absolute atomic E-state index is 0.338. The highest BCUT2D eigenvalue weighted by molar-refractivity contribution is 5.11. The van der Waals surface area contributed by atoms with E-state index in [1.165, 1.54) is 0 Å². The topological polar surface area (TPSA) is 38.9 Å². The molecule has 2 nitrogen and oxygen atoms in total. The molecule has 1 heterocycles. The van der Waals surface area contributed by atoms with E-state index in [0.29, 0.717) is 0 Å². The minimum Gasteiger partial charge on any atom is -0.321 e. The second kappa shape index (κ2) is 2.39. The van der Waals surface area contributed by atoms with Crippen LogP contribution in [0.5, 0.6) is 0 Å². The number of hydrogen-bond acceptors (Lipinski definition) is 2. The predicted molar refractivity (Wildman–Crippen MR) is 40.3 cm³/mol. The van der Waals surface area contributed by atoms with Gasteiger partial charge in [0, 0.05) is 12.3 Å². The van der Waals surface area contributed by atoms with Crippen LogP contribution in [0.1, 0.15) is 19.5 Å². The quantitative estimate of drug-likeness (QED) is 0.625. The first-order valence-electron chi connectivity index (χ1n) is 3.22.